The number of nitro benzene ring substituents is 1. The predicted octanol–water partition coefficient (Wildman–Crippen LogP) is 2.36. The first-order chi connectivity index (χ1) is 10.4. The van der Waals surface area contributed by atoms with Gasteiger partial charge in [0.05, 0.1) is 23.0 Å². The highest BCUT2D eigenvalue weighted by Gasteiger charge is 2.21. The second-order valence-electron chi connectivity index (χ2n) is 4.21. The normalized spacial score (nSPS) is 10.1. The zero-order valence-corrected chi connectivity index (χ0v) is 12.1. The molecule has 2 aromatic carbocycles. The van der Waals surface area contributed by atoms with Gasteiger partial charge in [0.15, 0.2) is 0 Å². The van der Waals surface area contributed by atoms with E-state index in [-0.39, 0.29) is 10.7 Å². The van der Waals surface area contributed by atoms with E-state index in [0.717, 1.165) is 12.1 Å². The van der Waals surface area contributed by atoms with E-state index in [1.807, 2.05) is 0 Å². The van der Waals surface area contributed by atoms with E-state index in [1.165, 1.54) is 7.11 Å². The van der Waals surface area contributed by atoms with Gasteiger partial charge in [-0.15, -0.1) is 0 Å². The van der Waals surface area contributed by atoms with Crippen LogP contribution in [0.15, 0.2) is 36.4 Å². The molecule has 2 rings (SSSR count). The Labute approximate surface area is 130 Å². The molecule has 0 heterocycles. The molecule has 0 spiro atoms. The molecule has 0 fully saturated rings. The van der Waals surface area contributed by atoms with Crippen molar-refractivity contribution in [3.05, 3.63) is 57.1 Å². The molecule has 0 saturated carbocycles. The summed E-state index contributed by atoms with van der Waals surface area (Å²) < 4.78 is 5.00. The summed E-state index contributed by atoms with van der Waals surface area (Å²) in [4.78, 5) is 21.6. The van der Waals surface area contributed by atoms with Crippen LogP contribution in [0, 0.1) is 10.1 Å². The molecule has 0 bridgehead atoms. The lowest BCUT2D eigenvalue weighted by Crippen LogP contribution is -2.24. The van der Waals surface area contributed by atoms with E-state index >= 15 is 0 Å². The van der Waals surface area contributed by atoms with Crippen molar-refractivity contribution in [3.8, 4) is 5.75 Å². The Bertz CT molecular complexity index is 731. The number of aromatic carboxylic acids is 1. The van der Waals surface area contributed by atoms with Gasteiger partial charge in [-0.25, -0.2) is 0 Å². The number of benzene rings is 2. The van der Waals surface area contributed by atoms with Crippen LogP contribution in [-0.4, -0.2) is 18.0 Å². The fourth-order valence-electron chi connectivity index (χ4n) is 1.86. The molecule has 0 aromatic heterocycles. The summed E-state index contributed by atoms with van der Waals surface area (Å²) in [7, 11) is 1.50. The minimum atomic E-state index is -1.61. The zero-order chi connectivity index (χ0) is 16.3. The number of nitrogens with one attached hydrogen (secondary N) is 1. The molecule has 0 aliphatic carbocycles. The molecule has 0 atom stereocenters. The van der Waals surface area contributed by atoms with Crippen molar-refractivity contribution in [1.82, 2.24) is 0 Å². The van der Waals surface area contributed by atoms with Crippen LogP contribution in [0.3, 0.4) is 0 Å². The molecule has 8 heteroatoms. The minimum Gasteiger partial charge on any atom is -0.545 e. The Morgan fingerprint density at radius 2 is 1.86 bits per heavy atom. The topological polar surface area (TPSA) is 105 Å². The summed E-state index contributed by atoms with van der Waals surface area (Å²) in [6.45, 7) is 0. The summed E-state index contributed by atoms with van der Waals surface area (Å²) in [5.74, 6) is -1.02. The van der Waals surface area contributed by atoms with E-state index in [4.69, 9.17) is 16.3 Å². The number of carbonyl (C=O) groups excluding carboxylic acids is 1. The number of carboxylic acids is 1. The van der Waals surface area contributed by atoms with Crippen molar-refractivity contribution < 1.29 is 19.6 Å². The number of rotatable bonds is 5. The summed E-state index contributed by atoms with van der Waals surface area (Å²) in [5.41, 5.74) is -0.678. The van der Waals surface area contributed by atoms with E-state index in [1.54, 1.807) is 24.3 Å². The van der Waals surface area contributed by atoms with Gasteiger partial charge in [-0.2, -0.15) is 0 Å². The molecule has 2 aromatic rings. The van der Waals surface area contributed by atoms with Crippen molar-refractivity contribution in [3.63, 3.8) is 0 Å². The Hall–Kier alpha value is -2.80. The molecule has 0 aliphatic rings. The first-order valence-electron chi connectivity index (χ1n) is 6.03. The van der Waals surface area contributed by atoms with Crippen molar-refractivity contribution in [2.45, 2.75) is 0 Å². The number of nitrogens with zero attached hydrogens (tertiary/aromatic N) is 1. The largest absolute Gasteiger partial charge is 0.545 e. The van der Waals surface area contributed by atoms with Gasteiger partial charge in [0, 0.05) is 17.3 Å². The quantitative estimate of drug-likeness (QED) is 0.669. The maximum Gasteiger partial charge on any atom is 0.293 e. The standard InChI is InChI=1S/C14H11ClN2O5/c1-22-9-4-2-8(3-5-9)16-13-11(17(20)21)7-6-10(15)12(13)14(18)19/h2-7,16H,1H3,(H,18,19)/p-1. The first kappa shape index (κ1) is 15.6. The molecule has 7 nitrogen and oxygen atoms in total. The zero-order valence-electron chi connectivity index (χ0n) is 11.3. The number of methoxy groups -OCH3 is 1. The fourth-order valence-corrected chi connectivity index (χ4v) is 2.10. The predicted molar refractivity (Wildman–Crippen MR) is 78.7 cm³/mol. The van der Waals surface area contributed by atoms with Crippen LogP contribution in [0.1, 0.15) is 10.4 Å². The number of anilines is 2. The maximum absolute atomic E-state index is 11.2. The van der Waals surface area contributed by atoms with Gasteiger partial charge in [0.25, 0.3) is 5.69 Å². The second kappa shape index (κ2) is 6.31. The summed E-state index contributed by atoms with van der Waals surface area (Å²) >= 11 is 5.81. The Balaban J connectivity index is 2.53. The van der Waals surface area contributed by atoms with Crippen LogP contribution in [0.2, 0.25) is 5.02 Å². The number of carboxylic acid groups (broad SMARTS) is 1. The SMILES string of the molecule is COc1ccc(Nc2c([N+](=O)[O-])ccc(Cl)c2C(=O)[O-])cc1. The van der Waals surface area contributed by atoms with Gasteiger partial charge in [0.2, 0.25) is 0 Å². The lowest BCUT2D eigenvalue weighted by molar-refractivity contribution is -0.384. The number of carbonyl (C=O) groups is 1. The third-order valence-electron chi connectivity index (χ3n) is 2.89. The number of halogens is 1. The molecule has 0 amide bonds. The minimum absolute atomic E-state index is 0.151. The van der Waals surface area contributed by atoms with Crippen molar-refractivity contribution in [1.29, 1.82) is 0 Å². The van der Waals surface area contributed by atoms with Crippen molar-refractivity contribution in [2.75, 3.05) is 12.4 Å². The first-order valence-corrected chi connectivity index (χ1v) is 6.41. The van der Waals surface area contributed by atoms with Crippen LogP contribution < -0.4 is 15.2 Å². The molecular weight excluding hydrogens is 312 g/mol. The van der Waals surface area contributed by atoms with Gasteiger partial charge in [-0.1, -0.05) is 11.6 Å². The fraction of sp³-hybridized carbons (Fsp3) is 0.0714. The number of nitro groups is 1. The molecule has 0 unspecified atom stereocenters. The third kappa shape index (κ3) is 3.09. The van der Waals surface area contributed by atoms with Crippen LogP contribution in [0.25, 0.3) is 0 Å². The number of hydrogen-bond donors (Lipinski definition) is 1. The highest BCUT2D eigenvalue weighted by molar-refractivity contribution is 6.34. The molecule has 0 radical (unpaired) electrons. The summed E-state index contributed by atoms with van der Waals surface area (Å²) in [6, 6.07) is 8.69. The Kier molecular flexibility index (Phi) is 4.47. The lowest BCUT2D eigenvalue weighted by Gasteiger charge is -2.14. The van der Waals surface area contributed by atoms with Gasteiger partial charge >= 0.3 is 0 Å². The smallest absolute Gasteiger partial charge is 0.293 e. The van der Waals surface area contributed by atoms with E-state index < -0.39 is 22.1 Å². The van der Waals surface area contributed by atoms with Gasteiger partial charge in [-0.3, -0.25) is 10.1 Å². The van der Waals surface area contributed by atoms with Gasteiger partial charge in [0.1, 0.15) is 11.4 Å². The molecule has 1 N–H and O–H groups in total. The van der Waals surface area contributed by atoms with Crippen molar-refractivity contribution >= 4 is 34.6 Å². The van der Waals surface area contributed by atoms with Crippen LogP contribution in [0.4, 0.5) is 17.1 Å². The average molecular weight is 322 g/mol. The number of hydrogen-bond acceptors (Lipinski definition) is 6. The Morgan fingerprint density at radius 3 is 2.36 bits per heavy atom. The molecule has 114 valence electrons. The third-order valence-corrected chi connectivity index (χ3v) is 3.21. The van der Waals surface area contributed by atoms with Crippen LogP contribution in [0.5, 0.6) is 5.75 Å². The molecule has 0 aliphatic heterocycles. The Morgan fingerprint density at radius 1 is 1.23 bits per heavy atom. The van der Waals surface area contributed by atoms with Crippen LogP contribution in [-0.2, 0) is 0 Å². The molecule has 22 heavy (non-hydrogen) atoms. The summed E-state index contributed by atoms with van der Waals surface area (Å²) in [6.07, 6.45) is 0. The monoisotopic (exact) mass is 321 g/mol. The second-order valence-corrected chi connectivity index (χ2v) is 4.62. The molecular formula is C14H10ClN2O5-. The van der Waals surface area contributed by atoms with E-state index in [9.17, 15) is 20.0 Å². The highest BCUT2D eigenvalue weighted by Crippen LogP contribution is 2.35. The van der Waals surface area contributed by atoms with Crippen LogP contribution >= 0.6 is 11.6 Å². The average Bonchev–Trinajstić information content (AvgIpc) is 2.47. The maximum atomic E-state index is 11.2. The summed E-state index contributed by atoms with van der Waals surface area (Å²) in [5, 5.41) is 24.9. The van der Waals surface area contributed by atoms with E-state index in [0.29, 0.717) is 11.4 Å². The van der Waals surface area contributed by atoms with Gasteiger partial charge in [-0.05, 0) is 30.3 Å². The highest BCUT2D eigenvalue weighted by atomic mass is 35.5. The van der Waals surface area contributed by atoms with E-state index in [2.05, 4.69) is 5.32 Å². The van der Waals surface area contributed by atoms with Crippen molar-refractivity contribution in [2.24, 2.45) is 0 Å². The lowest BCUT2D eigenvalue weighted by atomic mass is 10.1. The number of ether oxygens (including phenoxy) is 1. The van der Waals surface area contributed by atoms with Gasteiger partial charge < -0.3 is 20.0 Å². The molecule has 0 saturated heterocycles.